The second-order valence-corrected chi connectivity index (χ2v) is 8.75. The van der Waals surface area contributed by atoms with E-state index in [1.54, 1.807) is 37.8 Å². The maximum absolute atomic E-state index is 12.4. The third-order valence-electron chi connectivity index (χ3n) is 4.25. The van der Waals surface area contributed by atoms with Crippen molar-refractivity contribution in [3.05, 3.63) is 23.4 Å². The molecule has 164 valence electrons. The van der Waals surface area contributed by atoms with Crippen LogP contribution in [0.15, 0.2) is 18.3 Å². The van der Waals surface area contributed by atoms with Gasteiger partial charge in [0.25, 0.3) is 5.91 Å². The highest BCUT2D eigenvalue weighted by atomic mass is 35.5. The molecule has 0 aliphatic carbocycles. The molecule has 11 heteroatoms. The predicted molar refractivity (Wildman–Crippen MR) is 117 cm³/mol. The SMILES string of the molecule is CC(=O)N1CC[C@H](NC(=S)C(=O)Nc2ccc(Cl)cn2)[C@H](NC(=O)OC(C)(C)C)C1. The molecule has 2 heterocycles. The summed E-state index contributed by atoms with van der Waals surface area (Å²) in [6.07, 6.45) is 1.30. The second kappa shape index (κ2) is 10.0. The number of amides is 3. The zero-order valence-electron chi connectivity index (χ0n) is 17.3. The van der Waals surface area contributed by atoms with E-state index < -0.39 is 23.6 Å². The number of piperidine rings is 1. The van der Waals surface area contributed by atoms with Crippen LogP contribution in [0.5, 0.6) is 0 Å². The van der Waals surface area contributed by atoms with Crippen LogP contribution in [0.25, 0.3) is 0 Å². The van der Waals surface area contributed by atoms with E-state index in [2.05, 4.69) is 20.9 Å². The summed E-state index contributed by atoms with van der Waals surface area (Å²) in [4.78, 5) is 42.0. The maximum atomic E-state index is 12.4. The molecule has 1 aromatic heterocycles. The summed E-state index contributed by atoms with van der Waals surface area (Å²) in [7, 11) is 0. The molecule has 0 bridgehead atoms. The Hall–Kier alpha value is -2.46. The van der Waals surface area contributed by atoms with Crippen molar-refractivity contribution in [2.24, 2.45) is 0 Å². The zero-order chi connectivity index (χ0) is 22.5. The molecule has 2 atom stereocenters. The Morgan fingerprint density at radius 1 is 1.23 bits per heavy atom. The fourth-order valence-electron chi connectivity index (χ4n) is 2.87. The van der Waals surface area contributed by atoms with Gasteiger partial charge in [0.2, 0.25) is 5.91 Å². The summed E-state index contributed by atoms with van der Waals surface area (Å²) in [5, 5.41) is 8.79. The quantitative estimate of drug-likeness (QED) is 0.598. The number of hydrogen-bond donors (Lipinski definition) is 3. The number of halogens is 1. The van der Waals surface area contributed by atoms with Crippen molar-refractivity contribution in [2.75, 3.05) is 18.4 Å². The van der Waals surface area contributed by atoms with Gasteiger partial charge in [-0.25, -0.2) is 9.78 Å². The Morgan fingerprint density at radius 2 is 1.93 bits per heavy atom. The molecule has 9 nitrogen and oxygen atoms in total. The molecule has 1 saturated heterocycles. The third-order valence-corrected chi connectivity index (χ3v) is 4.78. The minimum Gasteiger partial charge on any atom is -0.444 e. The highest BCUT2D eigenvalue weighted by Gasteiger charge is 2.33. The number of thiocarbonyl (C=S) groups is 1. The first kappa shape index (κ1) is 23.8. The van der Waals surface area contributed by atoms with Gasteiger partial charge in [-0.2, -0.15) is 0 Å². The Balaban J connectivity index is 2.02. The van der Waals surface area contributed by atoms with Crippen LogP contribution in [0.4, 0.5) is 10.6 Å². The van der Waals surface area contributed by atoms with Gasteiger partial charge in [-0.1, -0.05) is 23.8 Å². The lowest BCUT2D eigenvalue weighted by Crippen LogP contribution is -2.62. The first-order valence-electron chi connectivity index (χ1n) is 9.43. The van der Waals surface area contributed by atoms with E-state index in [1.807, 2.05) is 0 Å². The fourth-order valence-corrected chi connectivity index (χ4v) is 3.19. The van der Waals surface area contributed by atoms with Gasteiger partial charge in [0, 0.05) is 26.2 Å². The number of rotatable bonds is 3. The van der Waals surface area contributed by atoms with Crippen molar-refractivity contribution < 1.29 is 19.1 Å². The Morgan fingerprint density at radius 3 is 2.50 bits per heavy atom. The summed E-state index contributed by atoms with van der Waals surface area (Å²) >= 11 is 11.0. The zero-order valence-corrected chi connectivity index (χ0v) is 18.9. The van der Waals surface area contributed by atoms with Gasteiger partial charge < -0.3 is 25.6 Å². The van der Waals surface area contributed by atoms with E-state index >= 15 is 0 Å². The number of aromatic nitrogens is 1. The van der Waals surface area contributed by atoms with Crippen molar-refractivity contribution in [3.63, 3.8) is 0 Å². The van der Waals surface area contributed by atoms with Crippen LogP contribution in [0, 0.1) is 0 Å². The first-order chi connectivity index (χ1) is 13.9. The molecular weight excluding hydrogens is 430 g/mol. The van der Waals surface area contributed by atoms with E-state index in [4.69, 9.17) is 28.6 Å². The Bertz CT molecular complexity index is 812. The minimum absolute atomic E-state index is 0.0518. The lowest BCUT2D eigenvalue weighted by molar-refractivity contribution is -0.130. The summed E-state index contributed by atoms with van der Waals surface area (Å²) in [5.74, 6) is -0.327. The maximum Gasteiger partial charge on any atom is 0.408 e. The van der Waals surface area contributed by atoms with Gasteiger partial charge in [-0.15, -0.1) is 0 Å². The van der Waals surface area contributed by atoms with Crippen molar-refractivity contribution in [2.45, 2.75) is 51.8 Å². The third kappa shape index (κ3) is 7.42. The van der Waals surface area contributed by atoms with Crippen LogP contribution < -0.4 is 16.0 Å². The number of alkyl carbamates (subject to hydrolysis) is 1. The molecule has 30 heavy (non-hydrogen) atoms. The smallest absolute Gasteiger partial charge is 0.408 e. The number of likely N-dealkylation sites (tertiary alicyclic amines) is 1. The molecule has 3 amide bonds. The summed E-state index contributed by atoms with van der Waals surface area (Å²) < 4.78 is 5.31. The molecule has 1 aliphatic rings. The highest BCUT2D eigenvalue weighted by Crippen LogP contribution is 2.14. The van der Waals surface area contributed by atoms with Crippen molar-refractivity contribution in [1.29, 1.82) is 0 Å². The van der Waals surface area contributed by atoms with Crippen LogP contribution in [0.3, 0.4) is 0 Å². The Kier molecular flexibility index (Phi) is 7.96. The van der Waals surface area contributed by atoms with E-state index in [1.165, 1.54) is 13.1 Å². The minimum atomic E-state index is -0.664. The summed E-state index contributed by atoms with van der Waals surface area (Å²) in [6.45, 7) is 7.49. The standard InChI is InChI=1S/C19H26ClN5O4S/c1-11(26)25-8-7-13(14(10-25)23-18(28)29-19(2,3)4)22-17(30)16(27)24-15-6-5-12(20)9-21-15/h5-6,9,13-14H,7-8,10H2,1-4H3,(H,22,30)(H,23,28)(H,21,24,27)/t13-,14+/m0/s1. The molecular formula is C19H26ClN5O4S. The molecule has 0 spiro atoms. The molecule has 0 saturated carbocycles. The molecule has 3 N–H and O–H groups in total. The van der Waals surface area contributed by atoms with E-state index in [0.717, 1.165) is 0 Å². The van der Waals surface area contributed by atoms with E-state index in [-0.39, 0.29) is 23.5 Å². The number of pyridine rings is 1. The molecule has 1 fully saturated rings. The van der Waals surface area contributed by atoms with Crippen LogP contribution in [0.1, 0.15) is 34.1 Å². The number of anilines is 1. The monoisotopic (exact) mass is 455 g/mol. The van der Waals surface area contributed by atoms with Gasteiger partial charge in [-0.3, -0.25) is 9.59 Å². The summed E-state index contributed by atoms with van der Waals surface area (Å²) in [6, 6.07) is 2.31. The predicted octanol–water partition coefficient (Wildman–Crippen LogP) is 2.10. The van der Waals surface area contributed by atoms with Crippen molar-refractivity contribution in [3.8, 4) is 0 Å². The van der Waals surface area contributed by atoms with Gasteiger partial charge >= 0.3 is 6.09 Å². The molecule has 1 aromatic rings. The Labute approximate surface area is 185 Å². The highest BCUT2D eigenvalue weighted by molar-refractivity contribution is 7.82. The van der Waals surface area contributed by atoms with Gasteiger partial charge in [0.1, 0.15) is 11.4 Å². The molecule has 1 aliphatic heterocycles. The second-order valence-electron chi connectivity index (χ2n) is 7.90. The number of carbonyl (C=O) groups is 3. The average molecular weight is 456 g/mol. The van der Waals surface area contributed by atoms with E-state index in [0.29, 0.717) is 23.8 Å². The molecule has 0 radical (unpaired) electrons. The lowest BCUT2D eigenvalue weighted by atomic mass is 9.99. The normalized spacial score (nSPS) is 18.9. The van der Waals surface area contributed by atoms with Crippen LogP contribution in [-0.4, -0.2) is 63.6 Å². The van der Waals surface area contributed by atoms with Gasteiger partial charge in [0.15, 0.2) is 4.99 Å². The van der Waals surface area contributed by atoms with Gasteiger partial charge in [-0.05, 0) is 39.3 Å². The first-order valence-corrected chi connectivity index (χ1v) is 10.2. The fraction of sp³-hybridized carbons (Fsp3) is 0.526. The van der Waals surface area contributed by atoms with Crippen molar-refractivity contribution in [1.82, 2.24) is 20.5 Å². The molecule has 2 rings (SSSR count). The number of carbonyl (C=O) groups excluding carboxylic acids is 3. The van der Waals surface area contributed by atoms with Crippen LogP contribution >= 0.6 is 23.8 Å². The molecule has 0 unspecified atom stereocenters. The van der Waals surface area contributed by atoms with Crippen LogP contribution in [0.2, 0.25) is 5.02 Å². The number of ether oxygens (including phenoxy) is 1. The lowest BCUT2D eigenvalue weighted by Gasteiger charge is -2.39. The van der Waals surface area contributed by atoms with Crippen LogP contribution in [-0.2, 0) is 14.3 Å². The van der Waals surface area contributed by atoms with E-state index in [9.17, 15) is 14.4 Å². The molecule has 0 aromatic carbocycles. The number of hydrogen-bond acceptors (Lipinski definition) is 6. The van der Waals surface area contributed by atoms with Crippen molar-refractivity contribution >= 4 is 52.5 Å². The largest absolute Gasteiger partial charge is 0.444 e. The summed E-state index contributed by atoms with van der Waals surface area (Å²) in [5.41, 5.74) is -0.664. The number of nitrogens with zero attached hydrogens (tertiary/aromatic N) is 2. The number of nitrogens with one attached hydrogen (secondary N) is 3. The topological polar surface area (TPSA) is 113 Å². The van der Waals surface area contributed by atoms with Gasteiger partial charge in [0.05, 0.1) is 17.1 Å². The average Bonchev–Trinajstić information content (AvgIpc) is 2.63.